The summed E-state index contributed by atoms with van der Waals surface area (Å²) in [5.41, 5.74) is 1.50. The molecule has 0 radical (unpaired) electrons. The summed E-state index contributed by atoms with van der Waals surface area (Å²) in [6.45, 7) is 5.63. The zero-order chi connectivity index (χ0) is 13.4. The third kappa shape index (κ3) is 2.08. The largest absolute Gasteiger partial charge is 0.478 e. The van der Waals surface area contributed by atoms with Crippen LogP contribution in [0.25, 0.3) is 0 Å². The minimum absolute atomic E-state index is 0.0414. The molecule has 2 unspecified atom stereocenters. The number of fused-ring (bicyclic) bond motifs is 1. The van der Waals surface area contributed by atoms with Gasteiger partial charge in [0, 0.05) is 7.05 Å². The first-order chi connectivity index (χ1) is 8.41. The Labute approximate surface area is 107 Å². The Morgan fingerprint density at radius 3 is 2.56 bits per heavy atom. The predicted molar refractivity (Wildman–Crippen MR) is 69.7 cm³/mol. The van der Waals surface area contributed by atoms with Crippen molar-refractivity contribution in [3.8, 4) is 5.75 Å². The van der Waals surface area contributed by atoms with Crippen LogP contribution in [0, 0.1) is 5.92 Å². The summed E-state index contributed by atoms with van der Waals surface area (Å²) < 4.78 is 5.74. The summed E-state index contributed by atoms with van der Waals surface area (Å²) in [5, 5.41) is 9.57. The van der Waals surface area contributed by atoms with Crippen molar-refractivity contribution in [2.24, 2.45) is 5.92 Å². The number of carbonyl (C=O) groups is 1. The molecule has 0 spiro atoms. The highest BCUT2D eigenvalue weighted by molar-refractivity contribution is 5.99. The van der Waals surface area contributed by atoms with Crippen molar-refractivity contribution in [1.29, 1.82) is 0 Å². The van der Waals surface area contributed by atoms with Crippen LogP contribution in [0.4, 0.5) is 5.69 Å². The molecule has 0 saturated carbocycles. The smallest absolute Gasteiger partial charge is 0.268 e. The van der Waals surface area contributed by atoms with E-state index in [9.17, 15) is 9.90 Å². The highest BCUT2D eigenvalue weighted by Crippen LogP contribution is 2.36. The van der Waals surface area contributed by atoms with Crippen LogP contribution < -0.4 is 9.64 Å². The SMILES string of the molecule is CC(O)c1ccc2c(c1)N(C)C(=O)C(C(C)C)O2. The van der Waals surface area contributed by atoms with Crippen molar-refractivity contribution in [2.45, 2.75) is 33.0 Å². The van der Waals surface area contributed by atoms with Gasteiger partial charge >= 0.3 is 0 Å². The lowest BCUT2D eigenvalue weighted by molar-refractivity contribution is -0.127. The van der Waals surface area contributed by atoms with Gasteiger partial charge in [-0.15, -0.1) is 0 Å². The second-order valence-electron chi connectivity index (χ2n) is 5.08. The summed E-state index contributed by atoms with van der Waals surface area (Å²) in [5.74, 6) is 0.782. The lowest BCUT2D eigenvalue weighted by Crippen LogP contribution is -2.46. The summed E-state index contributed by atoms with van der Waals surface area (Å²) in [6.07, 6.45) is -0.985. The Balaban J connectivity index is 2.42. The van der Waals surface area contributed by atoms with Crippen molar-refractivity contribution < 1.29 is 14.6 Å². The topological polar surface area (TPSA) is 49.8 Å². The number of benzene rings is 1. The first-order valence-corrected chi connectivity index (χ1v) is 6.18. The van der Waals surface area contributed by atoms with Gasteiger partial charge in [-0.2, -0.15) is 0 Å². The standard InChI is InChI=1S/C14H19NO3/c1-8(2)13-14(17)15(4)11-7-10(9(3)16)5-6-12(11)18-13/h5-9,13,16H,1-4H3. The molecule has 1 aromatic carbocycles. The molecule has 4 nitrogen and oxygen atoms in total. The van der Waals surface area contributed by atoms with Gasteiger partial charge in [0.05, 0.1) is 11.8 Å². The fourth-order valence-corrected chi connectivity index (χ4v) is 2.07. The van der Waals surface area contributed by atoms with Gasteiger partial charge in [-0.1, -0.05) is 19.9 Å². The van der Waals surface area contributed by atoms with E-state index >= 15 is 0 Å². The van der Waals surface area contributed by atoms with Gasteiger partial charge in [0.1, 0.15) is 5.75 Å². The number of hydrogen-bond donors (Lipinski definition) is 1. The highest BCUT2D eigenvalue weighted by Gasteiger charge is 2.34. The average molecular weight is 249 g/mol. The van der Waals surface area contributed by atoms with E-state index in [0.717, 1.165) is 11.3 Å². The molecule has 0 aromatic heterocycles. The molecule has 18 heavy (non-hydrogen) atoms. The first kappa shape index (κ1) is 12.9. The van der Waals surface area contributed by atoms with Crippen LogP contribution in [-0.2, 0) is 4.79 Å². The molecule has 1 aromatic rings. The van der Waals surface area contributed by atoms with E-state index in [2.05, 4.69) is 0 Å². The van der Waals surface area contributed by atoms with Gasteiger partial charge < -0.3 is 14.7 Å². The number of aliphatic hydroxyl groups excluding tert-OH is 1. The van der Waals surface area contributed by atoms with Crippen LogP contribution >= 0.6 is 0 Å². The molecule has 1 aliphatic heterocycles. The number of carbonyl (C=O) groups excluding carboxylic acids is 1. The molecule has 2 atom stereocenters. The zero-order valence-corrected chi connectivity index (χ0v) is 11.2. The molecule has 1 heterocycles. The third-order valence-electron chi connectivity index (χ3n) is 3.26. The number of anilines is 1. The number of aliphatic hydroxyl groups is 1. The van der Waals surface area contributed by atoms with Gasteiger partial charge in [-0.3, -0.25) is 4.79 Å². The van der Waals surface area contributed by atoms with E-state index in [0.29, 0.717) is 5.75 Å². The molecule has 0 fully saturated rings. The van der Waals surface area contributed by atoms with Crippen LogP contribution in [0.2, 0.25) is 0 Å². The third-order valence-corrected chi connectivity index (χ3v) is 3.26. The van der Waals surface area contributed by atoms with Crippen LogP contribution in [0.3, 0.4) is 0 Å². The predicted octanol–water partition coefficient (Wildman–Crippen LogP) is 2.12. The number of nitrogens with zero attached hydrogens (tertiary/aromatic N) is 1. The monoisotopic (exact) mass is 249 g/mol. The maximum absolute atomic E-state index is 12.1. The first-order valence-electron chi connectivity index (χ1n) is 6.18. The summed E-state index contributed by atoms with van der Waals surface area (Å²) >= 11 is 0. The number of ether oxygens (including phenoxy) is 1. The fraction of sp³-hybridized carbons (Fsp3) is 0.500. The second-order valence-corrected chi connectivity index (χ2v) is 5.08. The van der Waals surface area contributed by atoms with Crippen molar-refractivity contribution in [1.82, 2.24) is 0 Å². The summed E-state index contributed by atoms with van der Waals surface area (Å²) in [4.78, 5) is 13.8. The second kappa shape index (κ2) is 4.61. The molecular formula is C14H19NO3. The minimum Gasteiger partial charge on any atom is -0.478 e. The van der Waals surface area contributed by atoms with Gasteiger partial charge in [-0.25, -0.2) is 0 Å². The Kier molecular flexibility index (Phi) is 3.30. The molecule has 1 N–H and O–H groups in total. The number of hydrogen-bond acceptors (Lipinski definition) is 3. The molecule has 0 aliphatic carbocycles. The van der Waals surface area contributed by atoms with Crippen molar-refractivity contribution >= 4 is 11.6 Å². The Morgan fingerprint density at radius 1 is 1.33 bits per heavy atom. The Hall–Kier alpha value is -1.55. The maximum Gasteiger partial charge on any atom is 0.268 e. The van der Waals surface area contributed by atoms with Crippen LogP contribution in [0.1, 0.15) is 32.4 Å². The van der Waals surface area contributed by atoms with Crippen molar-refractivity contribution in [2.75, 3.05) is 11.9 Å². The average Bonchev–Trinajstić information content (AvgIpc) is 2.32. The van der Waals surface area contributed by atoms with Gasteiger partial charge in [-0.05, 0) is 30.5 Å². The molecule has 98 valence electrons. The maximum atomic E-state index is 12.1. The zero-order valence-electron chi connectivity index (χ0n) is 11.2. The molecule has 1 aliphatic rings. The fourth-order valence-electron chi connectivity index (χ4n) is 2.07. The van der Waals surface area contributed by atoms with E-state index in [4.69, 9.17) is 4.74 Å². The van der Waals surface area contributed by atoms with E-state index in [1.165, 1.54) is 0 Å². The van der Waals surface area contributed by atoms with E-state index in [1.54, 1.807) is 24.9 Å². The molecule has 4 heteroatoms. The lowest BCUT2D eigenvalue weighted by atomic mass is 10.0. The normalized spacial score (nSPS) is 20.7. The van der Waals surface area contributed by atoms with E-state index < -0.39 is 12.2 Å². The van der Waals surface area contributed by atoms with Gasteiger partial charge in [0.2, 0.25) is 0 Å². The van der Waals surface area contributed by atoms with Crippen LogP contribution in [0.5, 0.6) is 5.75 Å². The van der Waals surface area contributed by atoms with Crippen molar-refractivity contribution in [3.05, 3.63) is 23.8 Å². The van der Waals surface area contributed by atoms with Crippen molar-refractivity contribution in [3.63, 3.8) is 0 Å². The summed E-state index contributed by atoms with van der Waals surface area (Å²) in [6, 6.07) is 5.44. The molecular weight excluding hydrogens is 230 g/mol. The quantitative estimate of drug-likeness (QED) is 0.873. The van der Waals surface area contributed by atoms with E-state index in [1.807, 2.05) is 26.0 Å². The molecule has 1 amide bonds. The number of rotatable bonds is 2. The van der Waals surface area contributed by atoms with Gasteiger partial charge in [0.15, 0.2) is 6.10 Å². The Morgan fingerprint density at radius 2 is 2.00 bits per heavy atom. The molecule has 0 bridgehead atoms. The number of amides is 1. The molecule has 0 saturated heterocycles. The molecule has 2 rings (SSSR count). The minimum atomic E-state index is -0.554. The Bertz CT molecular complexity index is 468. The number of likely N-dealkylation sites (N-methyl/N-ethyl adjacent to an activating group) is 1. The van der Waals surface area contributed by atoms with Gasteiger partial charge in [0.25, 0.3) is 5.91 Å². The van der Waals surface area contributed by atoms with Crippen LogP contribution in [-0.4, -0.2) is 24.2 Å². The van der Waals surface area contributed by atoms with E-state index in [-0.39, 0.29) is 11.8 Å². The highest BCUT2D eigenvalue weighted by atomic mass is 16.5. The lowest BCUT2D eigenvalue weighted by Gasteiger charge is -2.34. The van der Waals surface area contributed by atoms with Crippen LogP contribution in [0.15, 0.2) is 18.2 Å². The summed E-state index contributed by atoms with van der Waals surface area (Å²) in [7, 11) is 1.74.